The lowest BCUT2D eigenvalue weighted by molar-refractivity contribution is -0.121. The Morgan fingerprint density at radius 3 is 3.00 bits per heavy atom. The summed E-state index contributed by atoms with van der Waals surface area (Å²) < 4.78 is 5.17. The van der Waals surface area contributed by atoms with Crippen molar-refractivity contribution in [1.82, 2.24) is 15.5 Å². The van der Waals surface area contributed by atoms with Crippen LogP contribution in [0.25, 0.3) is 10.9 Å². The van der Waals surface area contributed by atoms with Crippen LogP contribution >= 0.6 is 0 Å². The van der Waals surface area contributed by atoms with E-state index in [1.54, 1.807) is 0 Å². The molecule has 1 aliphatic rings. The zero-order valence-corrected chi connectivity index (χ0v) is 14.7. The lowest BCUT2D eigenvalue weighted by Gasteiger charge is -2.24. The Morgan fingerprint density at radius 1 is 1.36 bits per heavy atom. The molecule has 2 heterocycles. The van der Waals surface area contributed by atoms with Crippen LogP contribution in [0.4, 0.5) is 0 Å². The van der Waals surface area contributed by atoms with Crippen molar-refractivity contribution in [3.05, 3.63) is 52.5 Å². The molecule has 0 aliphatic heterocycles. The third kappa shape index (κ3) is 2.95. The zero-order chi connectivity index (χ0) is 17.4. The van der Waals surface area contributed by atoms with Crippen LogP contribution in [0.5, 0.6) is 0 Å². The summed E-state index contributed by atoms with van der Waals surface area (Å²) in [7, 11) is 0. The molecule has 25 heavy (non-hydrogen) atoms. The molecule has 0 radical (unpaired) electrons. The average molecular weight is 337 g/mol. The van der Waals surface area contributed by atoms with Crippen LogP contribution in [0.2, 0.25) is 0 Å². The predicted molar refractivity (Wildman–Crippen MR) is 96.4 cm³/mol. The Hall–Kier alpha value is -2.56. The molecule has 1 aromatic carbocycles. The number of hydrogen-bond acceptors (Lipinski definition) is 3. The van der Waals surface area contributed by atoms with E-state index in [2.05, 4.69) is 33.7 Å². The summed E-state index contributed by atoms with van der Waals surface area (Å²) in [5.74, 6) is 0.886. The number of para-hydroxylation sites is 1. The minimum atomic E-state index is 0.0771. The van der Waals surface area contributed by atoms with Crippen LogP contribution < -0.4 is 5.32 Å². The molecule has 0 bridgehead atoms. The summed E-state index contributed by atoms with van der Waals surface area (Å²) in [6.07, 6.45) is 4.28. The van der Waals surface area contributed by atoms with Crippen LogP contribution in [0.15, 0.2) is 28.8 Å². The van der Waals surface area contributed by atoms with Gasteiger partial charge in [0.05, 0.1) is 11.7 Å². The molecule has 5 nitrogen and oxygen atoms in total. The molecular formula is C20H23N3O2. The van der Waals surface area contributed by atoms with Crippen molar-refractivity contribution in [2.45, 2.75) is 52.0 Å². The molecular weight excluding hydrogens is 314 g/mol. The van der Waals surface area contributed by atoms with Gasteiger partial charge in [-0.3, -0.25) is 4.79 Å². The first-order valence-electron chi connectivity index (χ1n) is 8.94. The minimum Gasteiger partial charge on any atom is -0.361 e. The molecule has 2 N–H and O–H groups in total. The van der Waals surface area contributed by atoms with E-state index in [0.717, 1.165) is 41.8 Å². The van der Waals surface area contributed by atoms with Crippen molar-refractivity contribution in [3.63, 3.8) is 0 Å². The molecule has 2 aromatic heterocycles. The number of nitrogens with zero attached hydrogens (tertiary/aromatic N) is 1. The molecule has 0 saturated heterocycles. The van der Waals surface area contributed by atoms with Gasteiger partial charge in [-0.1, -0.05) is 23.4 Å². The maximum atomic E-state index is 12.5. The second-order valence-corrected chi connectivity index (χ2v) is 6.88. The lowest BCUT2D eigenvalue weighted by Crippen LogP contribution is -2.31. The fourth-order valence-corrected chi connectivity index (χ4v) is 3.92. The van der Waals surface area contributed by atoms with Gasteiger partial charge in [-0.25, -0.2) is 0 Å². The number of amides is 1. The third-order valence-corrected chi connectivity index (χ3v) is 5.23. The molecule has 1 atom stereocenters. The molecule has 3 aromatic rings. The van der Waals surface area contributed by atoms with Crippen molar-refractivity contribution in [3.8, 4) is 0 Å². The minimum absolute atomic E-state index is 0.0771. The molecule has 4 rings (SSSR count). The Bertz CT molecular complexity index is 903. The van der Waals surface area contributed by atoms with Crippen LogP contribution in [-0.2, 0) is 17.6 Å². The van der Waals surface area contributed by atoms with Crippen LogP contribution in [0.3, 0.4) is 0 Å². The summed E-state index contributed by atoms with van der Waals surface area (Å²) in [5.41, 5.74) is 5.62. The molecule has 0 spiro atoms. The van der Waals surface area contributed by atoms with Gasteiger partial charge in [0.2, 0.25) is 5.91 Å². The Kier molecular flexibility index (Phi) is 4.07. The quantitative estimate of drug-likeness (QED) is 0.758. The van der Waals surface area contributed by atoms with Gasteiger partial charge in [0, 0.05) is 28.6 Å². The van der Waals surface area contributed by atoms with Gasteiger partial charge in [0.15, 0.2) is 0 Å². The fourth-order valence-electron chi connectivity index (χ4n) is 3.92. The first-order valence-corrected chi connectivity index (χ1v) is 8.94. The Labute approximate surface area is 146 Å². The van der Waals surface area contributed by atoms with Gasteiger partial charge in [0.1, 0.15) is 5.76 Å². The second-order valence-electron chi connectivity index (χ2n) is 6.88. The van der Waals surface area contributed by atoms with Gasteiger partial charge >= 0.3 is 0 Å². The van der Waals surface area contributed by atoms with Gasteiger partial charge in [0.25, 0.3) is 0 Å². The highest BCUT2D eigenvalue weighted by Crippen LogP contribution is 2.34. The number of carbonyl (C=O) groups is 1. The lowest BCUT2D eigenvalue weighted by atomic mass is 9.91. The smallest absolute Gasteiger partial charge is 0.220 e. The highest BCUT2D eigenvalue weighted by Gasteiger charge is 2.25. The Morgan fingerprint density at radius 2 is 2.20 bits per heavy atom. The maximum absolute atomic E-state index is 12.5. The normalized spacial score (nSPS) is 16.8. The summed E-state index contributed by atoms with van der Waals surface area (Å²) in [6, 6.07) is 8.45. The third-order valence-electron chi connectivity index (χ3n) is 5.23. The SMILES string of the molecule is Cc1noc(C)c1CCC(=O)N[C@@H]1CCCc2c1[nH]c1ccccc21. The van der Waals surface area contributed by atoms with Gasteiger partial charge in [-0.05, 0) is 51.2 Å². The fraction of sp³-hybridized carbons (Fsp3) is 0.400. The molecule has 1 aliphatic carbocycles. The van der Waals surface area contributed by atoms with Crippen molar-refractivity contribution in [2.75, 3.05) is 0 Å². The summed E-state index contributed by atoms with van der Waals surface area (Å²) in [6.45, 7) is 3.81. The van der Waals surface area contributed by atoms with Gasteiger partial charge in [-0.15, -0.1) is 0 Å². The standard InChI is InChI=1S/C20H23N3O2/c1-12-14(13(2)25-23-12)10-11-19(24)21-18-9-5-7-16-15-6-3-4-8-17(15)22-20(16)18/h3-4,6,8,18,22H,5,7,9-11H2,1-2H3,(H,21,24)/t18-/m1/s1. The van der Waals surface area contributed by atoms with Crippen molar-refractivity contribution >= 4 is 16.8 Å². The van der Waals surface area contributed by atoms with E-state index in [4.69, 9.17) is 4.52 Å². The van der Waals surface area contributed by atoms with Crippen LogP contribution in [0.1, 0.15) is 53.6 Å². The van der Waals surface area contributed by atoms with Gasteiger partial charge < -0.3 is 14.8 Å². The van der Waals surface area contributed by atoms with Gasteiger partial charge in [-0.2, -0.15) is 0 Å². The summed E-state index contributed by atoms with van der Waals surface area (Å²) >= 11 is 0. The number of aromatic nitrogens is 2. The predicted octanol–water partition coefficient (Wildman–Crippen LogP) is 3.90. The molecule has 1 amide bonds. The number of aromatic amines is 1. The Balaban J connectivity index is 1.48. The summed E-state index contributed by atoms with van der Waals surface area (Å²) in [4.78, 5) is 16.0. The number of benzene rings is 1. The highest BCUT2D eigenvalue weighted by molar-refractivity contribution is 5.85. The van der Waals surface area contributed by atoms with Crippen molar-refractivity contribution < 1.29 is 9.32 Å². The van der Waals surface area contributed by atoms with E-state index in [1.807, 2.05) is 19.9 Å². The first-order chi connectivity index (χ1) is 12.1. The van der Waals surface area contributed by atoms with E-state index in [-0.39, 0.29) is 11.9 Å². The number of H-pyrrole nitrogens is 1. The number of aryl methyl sites for hydroxylation is 3. The number of carbonyl (C=O) groups excluding carboxylic acids is 1. The van der Waals surface area contributed by atoms with E-state index in [0.29, 0.717) is 12.8 Å². The zero-order valence-electron chi connectivity index (χ0n) is 14.7. The van der Waals surface area contributed by atoms with E-state index >= 15 is 0 Å². The monoisotopic (exact) mass is 337 g/mol. The largest absolute Gasteiger partial charge is 0.361 e. The summed E-state index contributed by atoms with van der Waals surface area (Å²) in [5, 5.41) is 8.45. The van der Waals surface area contributed by atoms with Crippen LogP contribution in [-0.4, -0.2) is 16.0 Å². The van der Waals surface area contributed by atoms with Crippen molar-refractivity contribution in [1.29, 1.82) is 0 Å². The number of rotatable bonds is 4. The van der Waals surface area contributed by atoms with Crippen LogP contribution in [0, 0.1) is 13.8 Å². The average Bonchev–Trinajstić information content (AvgIpc) is 3.14. The van der Waals surface area contributed by atoms with Crippen molar-refractivity contribution in [2.24, 2.45) is 0 Å². The second kappa shape index (κ2) is 6.39. The maximum Gasteiger partial charge on any atom is 0.220 e. The number of nitrogens with one attached hydrogen (secondary N) is 2. The van der Waals surface area contributed by atoms with E-state index < -0.39 is 0 Å². The van der Waals surface area contributed by atoms with E-state index in [1.165, 1.54) is 16.6 Å². The molecule has 5 heteroatoms. The topological polar surface area (TPSA) is 70.9 Å². The molecule has 0 fully saturated rings. The molecule has 130 valence electrons. The number of fused-ring (bicyclic) bond motifs is 3. The van der Waals surface area contributed by atoms with E-state index in [9.17, 15) is 4.79 Å². The molecule has 0 saturated carbocycles. The number of hydrogen-bond donors (Lipinski definition) is 2. The molecule has 0 unspecified atom stereocenters. The first kappa shape index (κ1) is 15.9. The highest BCUT2D eigenvalue weighted by atomic mass is 16.5.